The Kier molecular flexibility index (Phi) is 4.26. The first kappa shape index (κ1) is 12.4. The molecule has 2 N–H and O–H groups in total. The van der Waals surface area contributed by atoms with Crippen LogP contribution in [0.4, 0.5) is 0 Å². The highest BCUT2D eigenvalue weighted by Gasteiger charge is 2.32. The molecule has 2 rings (SSSR count). The molecule has 1 saturated heterocycles. The molecule has 1 aliphatic carbocycles. The Bertz CT molecular complexity index is 209. The maximum absolute atomic E-state index is 3.75. The van der Waals surface area contributed by atoms with E-state index in [1.807, 2.05) is 0 Å². The predicted octanol–water partition coefficient (Wildman–Crippen LogP) is 2.54. The highest BCUT2D eigenvalue weighted by Crippen LogP contribution is 2.40. The van der Waals surface area contributed by atoms with Gasteiger partial charge in [0.25, 0.3) is 0 Å². The van der Waals surface area contributed by atoms with Crippen molar-refractivity contribution >= 4 is 0 Å². The van der Waals surface area contributed by atoms with Crippen molar-refractivity contribution < 1.29 is 0 Å². The summed E-state index contributed by atoms with van der Waals surface area (Å²) in [6, 6.07) is 0.716. The maximum Gasteiger partial charge on any atom is 0.00795 e. The highest BCUT2D eigenvalue weighted by molar-refractivity contribution is 4.87. The Morgan fingerprint density at radius 2 is 2.06 bits per heavy atom. The SMILES string of the molecule is CCC1(CNCC2CCNC2C)CCCC1. The van der Waals surface area contributed by atoms with Crippen LogP contribution >= 0.6 is 0 Å². The van der Waals surface area contributed by atoms with Crippen LogP contribution in [0, 0.1) is 11.3 Å². The molecule has 2 heteroatoms. The van der Waals surface area contributed by atoms with Crippen LogP contribution in [-0.4, -0.2) is 25.7 Å². The molecule has 1 heterocycles. The average Bonchev–Trinajstić information content (AvgIpc) is 2.90. The molecule has 1 aliphatic heterocycles. The number of rotatable bonds is 5. The summed E-state index contributed by atoms with van der Waals surface area (Å²) in [5, 5.41) is 7.28. The Balaban J connectivity index is 1.70. The average molecular weight is 224 g/mol. The summed E-state index contributed by atoms with van der Waals surface area (Å²) in [5.41, 5.74) is 0.648. The third kappa shape index (κ3) is 2.78. The standard InChI is InChI=1S/C14H28N2/c1-3-14(7-4-5-8-14)11-15-10-13-6-9-16-12(13)2/h12-13,15-16H,3-11H2,1-2H3. The van der Waals surface area contributed by atoms with E-state index in [9.17, 15) is 0 Å². The molecule has 2 nitrogen and oxygen atoms in total. The summed E-state index contributed by atoms with van der Waals surface area (Å²) >= 11 is 0. The van der Waals surface area contributed by atoms with Gasteiger partial charge in [-0.15, -0.1) is 0 Å². The van der Waals surface area contributed by atoms with E-state index in [0.717, 1.165) is 5.92 Å². The number of hydrogen-bond acceptors (Lipinski definition) is 2. The molecule has 16 heavy (non-hydrogen) atoms. The van der Waals surface area contributed by atoms with E-state index in [1.54, 1.807) is 0 Å². The van der Waals surface area contributed by atoms with Gasteiger partial charge in [0.2, 0.25) is 0 Å². The second-order valence-corrected chi connectivity index (χ2v) is 5.98. The van der Waals surface area contributed by atoms with E-state index in [2.05, 4.69) is 24.5 Å². The van der Waals surface area contributed by atoms with Gasteiger partial charge in [0.1, 0.15) is 0 Å². The largest absolute Gasteiger partial charge is 0.316 e. The minimum absolute atomic E-state index is 0.648. The smallest absolute Gasteiger partial charge is 0.00795 e. The molecular weight excluding hydrogens is 196 g/mol. The molecule has 0 aromatic rings. The normalized spacial score (nSPS) is 33.4. The molecule has 2 atom stereocenters. The van der Waals surface area contributed by atoms with Crippen molar-refractivity contribution in [2.75, 3.05) is 19.6 Å². The van der Waals surface area contributed by atoms with Crippen molar-refractivity contribution in [3.05, 3.63) is 0 Å². The highest BCUT2D eigenvalue weighted by atomic mass is 15.0. The molecule has 0 radical (unpaired) electrons. The zero-order valence-corrected chi connectivity index (χ0v) is 11.0. The first-order valence-corrected chi connectivity index (χ1v) is 7.20. The lowest BCUT2D eigenvalue weighted by atomic mass is 9.83. The third-order valence-corrected chi connectivity index (χ3v) is 5.01. The molecule has 0 bridgehead atoms. The van der Waals surface area contributed by atoms with Gasteiger partial charge in [0, 0.05) is 12.6 Å². The zero-order chi connectivity index (χ0) is 11.4. The third-order valence-electron chi connectivity index (χ3n) is 5.01. The van der Waals surface area contributed by atoms with Crippen LogP contribution in [0.3, 0.4) is 0 Å². The van der Waals surface area contributed by atoms with Gasteiger partial charge in [-0.25, -0.2) is 0 Å². The van der Waals surface area contributed by atoms with Gasteiger partial charge in [-0.1, -0.05) is 19.8 Å². The van der Waals surface area contributed by atoms with Crippen LogP contribution in [0.25, 0.3) is 0 Å². The van der Waals surface area contributed by atoms with E-state index >= 15 is 0 Å². The molecular formula is C14H28N2. The van der Waals surface area contributed by atoms with Gasteiger partial charge in [-0.05, 0) is 57.0 Å². The fourth-order valence-corrected chi connectivity index (χ4v) is 3.49. The number of hydrogen-bond donors (Lipinski definition) is 2. The molecule has 1 saturated carbocycles. The van der Waals surface area contributed by atoms with Crippen LogP contribution in [0.5, 0.6) is 0 Å². The first-order valence-electron chi connectivity index (χ1n) is 7.20. The fraction of sp³-hybridized carbons (Fsp3) is 1.00. The molecule has 0 aromatic heterocycles. The molecule has 2 fully saturated rings. The summed E-state index contributed by atoms with van der Waals surface area (Å²) in [7, 11) is 0. The minimum Gasteiger partial charge on any atom is -0.316 e. The van der Waals surface area contributed by atoms with Crippen molar-refractivity contribution in [3.63, 3.8) is 0 Å². The molecule has 94 valence electrons. The van der Waals surface area contributed by atoms with Gasteiger partial charge in [0.15, 0.2) is 0 Å². The van der Waals surface area contributed by atoms with E-state index in [0.29, 0.717) is 11.5 Å². The fourth-order valence-electron chi connectivity index (χ4n) is 3.49. The molecule has 2 aliphatic rings. The maximum atomic E-state index is 3.75. The Labute approximate surface area is 101 Å². The predicted molar refractivity (Wildman–Crippen MR) is 69.6 cm³/mol. The topological polar surface area (TPSA) is 24.1 Å². The molecule has 0 spiro atoms. The second-order valence-electron chi connectivity index (χ2n) is 5.98. The molecule has 0 amide bonds. The monoisotopic (exact) mass is 224 g/mol. The Hall–Kier alpha value is -0.0800. The second kappa shape index (κ2) is 5.50. The summed E-state index contributed by atoms with van der Waals surface area (Å²) in [4.78, 5) is 0. The van der Waals surface area contributed by atoms with Gasteiger partial charge in [0.05, 0.1) is 0 Å². The van der Waals surface area contributed by atoms with E-state index in [-0.39, 0.29) is 0 Å². The van der Waals surface area contributed by atoms with Crippen LogP contribution < -0.4 is 10.6 Å². The summed E-state index contributed by atoms with van der Waals surface area (Å²) < 4.78 is 0. The van der Waals surface area contributed by atoms with Crippen LogP contribution in [0.1, 0.15) is 52.4 Å². The number of nitrogens with one attached hydrogen (secondary N) is 2. The van der Waals surface area contributed by atoms with Crippen LogP contribution in [0.2, 0.25) is 0 Å². The summed E-state index contributed by atoms with van der Waals surface area (Å²) in [5.74, 6) is 0.857. The first-order chi connectivity index (χ1) is 7.76. The Morgan fingerprint density at radius 3 is 2.62 bits per heavy atom. The van der Waals surface area contributed by atoms with E-state index < -0.39 is 0 Å². The van der Waals surface area contributed by atoms with Crippen molar-refractivity contribution in [1.82, 2.24) is 10.6 Å². The minimum atomic E-state index is 0.648. The molecule has 0 aromatic carbocycles. The van der Waals surface area contributed by atoms with Crippen molar-refractivity contribution in [2.24, 2.45) is 11.3 Å². The lowest BCUT2D eigenvalue weighted by molar-refractivity contribution is 0.260. The van der Waals surface area contributed by atoms with Gasteiger partial charge < -0.3 is 10.6 Å². The van der Waals surface area contributed by atoms with Crippen LogP contribution in [-0.2, 0) is 0 Å². The van der Waals surface area contributed by atoms with E-state index in [4.69, 9.17) is 0 Å². The van der Waals surface area contributed by atoms with Crippen molar-refractivity contribution in [2.45, 2.75) is 58.4 Å². The Morgan fingerprint density at radius 1 is 1.31 bits per heavy atom. The lowest BCUT2D eigenvalue weighted by Gasteiger charge is -2.29. The lowest BCUT2D eigenvalue weighted by Crippen LogP contribution is -2.37. The summed E-state index contributed by atoms with van der Waals surface area (Å²) in [6.45, 7) is 8.38. The zero-order valence-electron chi connectivity index (χ0n) is 11.0. The van der Waals surface area contributed by atoms with Gasteiger partial charge >= 0.3 is 0 Å². The summed E-state index contributed by atoms with van der Waals surface area (Å²) in [6.07, 6.45) is 8.53. The van der Waals surface area contributed by atoms with Crippen LogP contribution in [0.15, 0.2) is 0 Å². The van der Waals surface area contributed by atoms with Gasteiger partial charge in [-0.2, -0.15) is 0 Å². The van der Waals surface area contributed by atoms with Crippen molar-refractivity contribution in [3.8, 4) is 0 Å². The van der Waals surface area contributed by atoms with Gasteiger partial charge in [-0.3, -0.25) is 0 Å². The van der Waals surface area contributed by atoms with E-state index in [1.165, 1.54) is 58.2 Å². The molecule has 2 unspecified atom stereocenters. The quantitative estimate of drug-likeness (QED) is 0.750. The van der Waals surface area contributed by atoms with Crippen molar-refractivity contribution in [1.29, 1.82) is 0 Å².